The van der Waals surface area contributed by atoms with Crippen LogP contribution in [-0.2, 0) is 0 Å². The fourth-order valence-electron chi connectivity index (χ4n) is 8.58. The number of pyridine rings is 1. The van der Waals surface area contributed by atoms with Crippen LogP contribution in [0.4, 0.5) is 0 Å². The van der Waals surface area contributed by atoms with Crippen LogP contribution in [0.15, 0.2) is 197 Å². The maximum absolute atomic E-state index is 6.79. The highest BCUT2D eigenvalue weighted by molar-refractivity contribution is 6.30. The van der Waals surface area contributed by atoms with Gasteiger partial charge in [-0.1, -0.05) is 152 Å². The number of para-hydroxylation sites is 4. The summed E-state index contributed by atoms with van der Waals surface area (Å²) in [6.45, 7) is 0. The van der Waals surface area contributed by atoms with Gasteiger partial charge in [0, 0.05) is 65.5 Å². The van der Waals surface area contributed by atoms with E-state index in [9.17, 15) is 0 Å². The summed E-state index contributed by atoms with van der Waals surface area (Å²) in [5, 5.41) is 7.64. The van der Waals surface area contributed by atoms with Crippen LogP contribution in [0.3, 0.4) is 0 Å². The average Bonchev–Trinajstić information content (AvgIpc) is 3.88. The van der Waals surface area contributed by atoms with Crippen LogP contribution in [0, 0.1) is 0 Å². The van der Waals surface area contributed by atoms with Gasteiger partial charge in [0.2, 0.25) is 0 Å². The van der Waals surface area contributed by atoms with Gasteiger partial charge in [-0.3, -0.25) is 0 Å². The first kappa shape index (κ1) is 32.4. The molecule has 0 saturated carbocycles. The molecule has 5 heteroatoms. The Bertz CT molecular complexity index is 3550. The molecular formula is C53H31N3O2. The number of benzene rings is 8. The summed E-state index contributed by atoms with van der Waals surface area (Å²) in [4.78, 5) is 15.6. The van der Waals surface area contributed by atoms with Gasteiger partial charge in [-0.2, -0.15) is 0 Å². The summed E-state index contributed by atoms with van der Waals surface area (Å²) in [6.07, 6.45) is 0. The predicted molar refractivity (Wildman–Crippen MR) is 237 cm³/mol. The van der Waals surface area contributed by atoms with E-state index in [-0.39, 0.29) is 0 Å². The van der Waals surface area contributed by atoms with Gasteiger partial charge in [-0.25, -0.2) is 15.0 Å². The molecule has 4 aromatic heterocycles. The van der Waals surface area contributed by atoms with Crippen molar-refractivity contribution in [3.63, 3.8) is 0 Å². The first-order chi connectivity index (χ1) is 28.7. The normalized spacial score (nSPS) is 11.8. The van der Waals surface area contributed by atoms with Crippen molar-refractivity contribution in [1.82, 2.24) is 15.0 Å². The molecule has 0 bridgehead atoms. The molecule has 58 heavy (non-hydrogen) atoms. The van der Waals surface area contributed by atoms with Crippen molar-refractivity contribution in [2.45, 2.75) is 0 Å². The Morgan fingerprint density at radius 3 is 1.72 bits per heavy atom. The predicted octanol–water partition coefficient (Wildman–Crippen LogP) is 14.3. The maximum atomic E-state index is 6.79. The first-order valence-corrected chi connectivity index (χ1v) is 19.4. The number of fused-ring (bicyclic) bond motifs is 10. The number of nitrogens with zero attached hydrogens (tertiary/aromatic N) is 3. The van der Waals surface area contributed by atoms with Crippen molar-refractivity contribution < 1.29 is 8.83 Å². The van der Waals surface area contributed by atoms with Crippen LogP contribution >= 0.6 is 0 Å². The third kappa shape index (κ3) is 5.07. The third-order valence-corrected chi connectivity index (χ3v) is 11.3. The van der Waals surface area contributed by atoms with Crippen molar-refractivity contribution in [2.24, 2.45) is 0 Å². The van der Waals surface area contributed by atoms with Gasteiger partial charge >= 0.3 is 0 Å². The Morgan fingerprint density at radius 2 is 0.931 bits per heavy atom. The number of aromatic nitrogens is 3. The summed E-state index contributed by atoms with van der Waals surface area (Å²) in [6, 6.07) is 64.7. The minimum atomic E-state index is 0.650. The molecule has 270 valence electrons. The van der Waals surface area contributed by atoms with E-state index in [0.717, 1.165) is 116 Å². The monoisotopic (exact) mass is 741 g/mol. The summed E-state index contributed by atoms with van der Waals surface area (Å²) < 4.78 is 13.3. The average molecular weight is 742 g/mol. The van der Waals surface area contributed by atoms with Crippen molar-refractivity contribution in [3.8, 4) is 56.3 Å². The molecule has 0 unspecified atom stereocenters. The zero-order chi connectivity index (χ0) is 38.2. The molecule has 0 fully saturated rings. The first-order valence-electron chi connectivity index (χ1n) is 19.4. The van der Waals surface area contributed by atoms with E-state index < -0.39 is 0 Å². The van der Waals surface area contributed by atoms with Crippen LogP contribution in [-0.4, -0.2) is 15.0 Å². The van der Waals surface area contributed by atoms with Gasteiger partial charge in [0.25, 0.3) is 0 Å². The molecule has 8 aromatic carbocycles. The molecule has 0 radical (unpaired) electrons. The van der Waals surface area contributed by atoms with Gasteiger partial charge in [0.05, 0.1) is 22.6 Å². The largest absolute Gasteiger partial charge is 0.455 e. The van der Waals surface area contributed by atoms with Gasteiger partial charge in [0.15, 0.2) is 5.82 Å². The number of hydrogen-bond acceptors (Lipinski definition) is 5. The SMILES string of the molecule is c1ccc(-c2nc(-c3ccc(-c4cc5c(-c6ccccc6)nc6ccccc6c5c5c4oc4ccccc45)cc3)cc(-c3cccc4c3oc3ccccc34)n2)cc1. The van der Waals surface area contributed by atoms with E-state index in [1.807, 2.05) is 60.7 Å². The minimum absolute atomic E-state index is 0.650. The van der Waals surface area contributed by atoms with Gasteiger partial charge in [-0.15, -0.1) is 0 Å². The van der Waals surface area contributed by atoms with Crippen LogP contribution in [0.1, 0.15) is 0 Å². The lowest BCUT2D eigenvalue weighted by atomic mass is 9.91. The highest BCUT2D eigenvalue weighted by Gasteiger charge is 2.22. The van der Waals surface area contributed by atoms with Crippen molar-refractivity contribution in [2.75, 3.05) is 0 Å². The second kappa shape index (κ2) is 12.8. The molecular weight excluding hydrogens is 711 g/mol. The van der Waals surface area contributed by atoms with E-state index in [1.165, 1.54) is 0 Å². The standard InChI is InChI=1S/C53H31N3O2/c1-3-14-34(15-4-1)50-42-30-41(52-49(40-20-9-12-25-47(40)58-52)48(42)38-19-7-10-23-43(38)54-50)32-26-28-33(29-27-32)44-31-45(56-53(55-44)35-16-5-2-6-17-35)39-22-13-21-37-36-18-8-11-24-46(36)57-51(37)39/h1-31H. The lowest BCUT2D eigenvalue weighted by molar-refractivity contribution is 0.669. The van der Waals surface area contributed by atoms with Crippen molar-refractivity contribution in [1.29, 1.82) is 0 Å². The quantitative estimate of drug-likeness (QED) is 0.164. The third-order valence-electron chi connectivity index (χ3n) is 11.3. The maximum Gasteiger partial charge on any atom is 0.160 e. The molecule has 0 saturated heterocycles. The zero-order valence-electron chi connectivity index (χ0n) is 31.1. The number of hydrogen-bond donors (Lipinski definition) is 0. The van der Waals surface area contributed by atoms with E-state index >= 15 is 0 Å². The fraction of sp³-hybridized carbons (Fsp3) is 0. The molecule has 12 rings (SSSR count). The van der Waals surface area contributed by atoms with E-state index in [4.69, 9.17) is 23.8 Å². The molecule has 0 atom stereocenters. The lowest BCUT2D eigenvalue weighted by Crippen LogP contribution is -1.96. The number of rotatable bonds is 5. The van der Waals surface area contributed by atoms with Crippen LogP contribution in [0.2, 0.25) is 0 Å². The van der Waals surface area contributed by atoms with Gasteiger partial charge in [0.1, 0.15) is 22.3 Å². The molecule has 0 aliphatic heterocycles. The smallest absolute Gasteiger partial charge is 0.160 e. The summed E-state index contributed by atoms with van der Waals surface area (Å²) in [7, 11) is 0. The van der Waals surface area contributed by atoms with E-state index in [0.29, 0.717) is 5.82 Å². The molecule has 0 amide bonds. The van der Waals surface area contributed by atoms with E-state index in [2.05, 4.69) is 127 Å². The number of furan rings is 2. The Labute approximate surface area is 332 Å². The Balaban J connectivity index is 1.07. The zero-order valence-corrected chi connectivity index (χ0v) is 31.1. The topological polar surface area (TPSA) is 65.0 Å². The van der Waals surface area contributed by atoms with Crippen molar-refractivity contribution in [3.05, 3.63) is 188 Å². The van der Waals surface area contributed by atoms with Crippen LogP contribution in [0.5, 0.6) is 0 Å². The fourth-order valence-corrected chi connectivity index (χ4v) is 8.58. The molecule has 5 nitrogen and oxygen atoms in total. The molecule has 0 spiro atoms. The Kier molecular flexibility index (Phi) is 7.16. The molecule has 0 aliphatic rings. The molecule has 12 aromatic rings. The van der Waals surface area contributed by atoms with Crippen LogP contribution in [0.25, 0.3) is 122 Å². The van der Waals surface area contributed by atoms with Gasteiger partial charge in [-0.05, 0) is 42.0 Å². The molecule has 0 aliphatic carbocycles. The lowest BCUT2D eigenvalue weighted by Gasteiger charge is -2.14. The molecule has 4 heterocycles. The van der Waals surface area contributed by atoms with E-state index in [1.54, 1.807) is 0 Å². The van der Waals surface area contributed by atoms with Crippen LogP contribution < -0.4 is 0 Å². The second-order valence-electron chi connectivity index (χ2n) is 14.7. The Hall–Kier alpha value is -7.89. The highest BCUT2D eigenvalue weighted by atomic mass is 16.3. The summed E-state index contributed by atoms with van der Waals surface area (Å²) >= 11 is 0. The Morgan fingerprint density at radius 1 is 0.328 bits per heavy atom. The van der Waals surface area contributed by atoms with Gasteiger partial charge < -0.3 is 8.83 Å². The second-order valence-corrected chi connectivity index (χ2v) is 14.7. The minimum Gasteiger partial charge on any atom is -0.455 e. The molecule has 0 N–H and O–H groups in total. The summed E-state index contributed by atoms with van der Waals surface area (Å²) in [5.41, 5.74) is 12.8. The van der Waals surface area contributed by atoms with Crippen molar-refractivity contribution >= 4 is 65.6 Å². The highest BCUT2D eigenvalue weighted by Crippen LogP contribution is 2.46. The summed E-state index contributed by atoms with van der Waals surface area (Å²) in [5.74, 6) is 0.650.